The van der Waals surface area contributed by atoms with Crippen LogP contribution in [0.15, 0.2) is 18.5 Å². The number of Topliss-reactive ketones (excluding diaryl/α,β-unsaturated/α-hetero) is 1. The lowest BCUT2D eigenvalue weighted by molar-refractivity contribution is -0.0885. The van der Waals surface area contributed by atoms with Crippen LogP contribution in [0.25, 0.3) is 0 Å². The Labute approximate surface area is 90.5 Å². The van der Waals surface area contributed by atoms with Crippen LogP contribution in [0.3, 0.4) is 0 Å². The SMILES string of the molecule is CC(C)(CO)n1ccc(C(=O)C(F)(F)F)c1. The molecule has 0 atom stereocenters. The molecule has 16 heavy (non-hydrogen) atoms. The molecule has 0 unspecified atom stereocenters. The number of alkyl halides is 3. The molecule has 1 aromatic rings. The number of hydrogen-bond acceptors (Lipinski definition) is 2. The summed E-state index contributed by atoms with van der Waals surface area (Å²) in [5, 5.41) is 9.03. The molecule has 0 fully saturated rings. The number of nitrogens with zero attached hydrogens (tertiary/aromatic N) is 1. The molecule has 0 spiro atoms. The van der Waals surface area contributed by atoms with Crippen LogP contribution in [0.2, 0.25) is 0 Å². The van der Waals surface area contributed by atoms with Gasteiger partial charge >= 0.3 is 6.18 Å². The third-order valence-corrected chi connectivity index (χ3v) is 2.30. The fourth-order valence-corrected chi connectivity index (χ4v) is 1.15. The molecular weight excluding hydrogens is 223 g/mol. The Bertz CT molecular complexity index is 393. The lowest BCUT2D eigenvalue weighted by Crippen LogP contribution is -2.29. The highest BCUT2D eigenvalue weighted by molar-refractivity contribution is 6.00. The molecule has 1 N–H and O–H groups in total. The molecule has 6 heteroatoms. The maximum atomic E-state index is 12.1. The van der Waals surface area contributed by atoms with Crippen molar-refractivity contribution in [2.45, 2.75) is 25.6 Å². The summed E-state index contributed by atoms with van der Waals surface area (Å²) in [6, 6.07) is 1.09. The first-order valence-corrected chi connectivity index (χ1v) is 4.59. The van der Waals surface area contributed by atoms with E-state index in [4.69, 9.17) is 5.11 Å². The quantitative estimate of drug-likeness (QED) is 0.814. The molecular formula is C10H12F3NO2. The van der Waals surface area contributed by atoms with E-state index < -0.39 is 23.1 Å². The smallest absolute Gasteiger partial charge is 0.394 e. The van der Waals surface area contributed by atoms with Gasteiger partial charge in [-0.05, 0) is 19.9 Å². The van der Waals surface area contributed by atoms with E-state index in [2.05, 4.69) is 0 Å². The average Bonchev–Trinajstić information content (AvgIpc) is 2.64. The summed E-state index contributed by atoms with van der Waals surface area (Å²) in [7, 11) is 0. The second kappa shape index (κ2) is 3.93. The normalized spacial score (nSPS) is 12.9. The predicted molar refractivity (Wildman–Crippen MR) is 51.2 cm³/mol. The van der Waals surface area contributed by atoms with Crippen LogP contribution >= 0.6 is 0 Å². The van der Waals surface area contributed by atoms with Gasteiger partial charge in [0.15, 0.2) is 0 Å². The van der Waals surface area contributed by atoms with Crippen LogP contribution in [-0.4, -0.2) is 28.2 Å². The van der Waals surface area contributed by atoms with Crippen LogP contribution in [0.1, 0.15) is 24.2 Å². The van der Waals surface area contributed by atoms with Crippen molar-refractivity contribution in [2.24, 2.45) is 0 Å². The third-order valence-electron chi connectivity index (χ3n) is 2.30. The van der Waals surface area contributed by atoms with Gasteiger partial charge in [-0.2, -0.15) is 13.2 Å². The molecule has 0 bridgehead atoms. The molecule has 90 valence electrons. The van der Waals surface area contributed by atoms with E-state index in [0.717, 1.165) is 12.3 Å². The Hall–Kier alpha value is -1.30. The zero-order valence-corrected chi connectivity index (χ0v) is 8.88. The predicted octanol–water partition coefficient (Wildman–Crippen LogP) is 1.96. The molecule has 1 rings (SSSR count). The summed E-state index contributed by atoms with van der Waals surface area (Å²) in [6.07, 6.45) is -2.43. The zero-order valence-electron chi connectivity index (χ0n) is 8.88. The molecule has 0 aliphatic carbocycles. The Balaban J connectivity index is 3.01. The third kappa shape index (κ3) is 2.44. The molecule has 0 aromatic carbocycles. The number of carbonyl (C=O) groups excluding carboxylic acids is 1. The molecule has 0 saturated carbocycles. The topological polar surface area (TPSA) is 42.2 Å². The molecule has 1 aromatic heterocycles. The van der Waals surface area contributed by atoms with E-state index >= 15 is 0 Å². The first-order valence-electron chi connectivity index (χ1n) is 4.59. The summed E-state index contributed by atoms with van der Waals surface area (Å²) < 4.78 is 37.7. The number of aromatic nitrogens is 1. The molecule has 0 aliphatic rings. The van der Waals surface area contributed by atoms with Gasteiger partial charge in [-0.15, -0.1) is 0 Å². The monoisotopic (exact) mass is 235 g/mol. The maximum absolute atomic E-state index is 12.1. The molecule has 0 radical (unpaired) electrons. The van der Waals surface area contributed by atoms with E-state index in [0.29, 0.717) is 0 Å². The maximum Gasteiger partial charge on any atom is 0.454 e. The fraction of sp³-hybridized carbons (Fsp3) is 0.500. The van der Waals surface area contributed by atoms with E-state index in [9.17, 15) is 18.0 Å². The fourth-order valence-electron chi connectivity index (χ4n) is 1.15. The minimum atomic E-state index is -4.87. The van der Waals surface area contributed by atoms with Gasteiger partial charge in [0, 0.05) is 18.0 Å². The van der Waals surface area contributed by atoms with Crippen LogP contribution in [0, 0.1) is 0 Å². The minimum absolute atomic E-state index is 0.235. The van der Waals surface area contributed by atoms with Crippen LogP contribution in [0.5, 0.6) is 0 Å². The van der Waals surface area contributed by atoms with E-state index in [1.54, 1.807) is 13.8 Å². The number of rotatable bonds is 3. The Morgan fingerprint density at radius 3 is 2.44 bits per heavy atom. The van der Waals surface area contributed by atoms with Crippen LogP contribution in [-0.2, 0) is 5.54 Å². The minimum Gasteiger partial charge on any atom is -0.394 e. The number of halogens is 3. The van der Waals surface area contributed by atoms with Gasteiger partial charge in [0.1, 0.15) is 0 Å². The summed E-state index contributed by atoms with van der Waals surface area (Å²) in [5.74, 6) is -1.88. The van der Waals surface area contributed by atoms with Gasteiger partial charge in [-0.3, -0.25) is 4.79 Å². The van der Waals surface area contributed by atoms with Gasteiger partial charge in [0.05, 0.1) is 12.1 Å². The summed E-state index contributed by atoms with van der Waals surface area (Å²) >= 11 is 0. The van der Waals surface area contributed by atoms with Gasteiger partial charge in [-0.25, -0.2) is 0 Å². The second-order valence-electron chi connectivity index (χ2n) is 4.10. The highest BCUT2D eigenvalue weighted by Crippen LogP contribution is 2.23. The first-order chi connectivity index (χ1) is 7.18. The van der Waals surface area contributed by atoms with Crippen molar-refractivity contribution in [2.75, 3.05) is 6.61 Å². The zero-order chi connectivity index (χ0) is 12.6. The number of aliphatic hydroxyl groups excluding tert-OH is 1. The summed E-state index contributed by atoms with van der Waals surface area (Å²) in [4.78, 5) is 10.9. The Morgan fingerprint density at radius 1 is 1.44 bits per heavy atom. The lowest BCUT2D eigenvalue weighted by Gasteiger charge is -2.24. The highest BCUT2D eigenvalue weighted by Gasteiger charge is 2.40. The van der Waals surface area contributed by atoms with Gasteiger partial charge in [0.2, 0.25) is 0 Å². The van der Waals surface area contributed by atoms with Crippen molar-refractivity contribution in [3.8, 4) is 0 Å². The standard InChI is InChI=1S/C10H12F3NO2/c1-9(2,6-15)14-4-3-7(5-14)8(16)10(11,12)13/h3-5,15H,6H2,1-2H3. The lowest BCUT2D eigenvalue weighted by atomic mass is 10.1. The van der Waals surface area contributed by atoms with Gasteiger partial charge in [-0.1, -0.05) is 0 Å². The number of hydrogen-bond donors (Lipinski definition) is 1. The van der Waals surface area contributed by atoms with Gasteiger partial charge < -0.3 is 9.67 Å². The van der Waals surface area contributed by atoms with Crippen molar-refractivity contribution in [1.82, 2.24) is 4.57 Å². The number of ketones is 1. The van der Waals surface area contributed by atoms with E-state index in [1.165, 1.54) is 10.8 Å². The number of carbonyl (C=O) groups is 1. The van der Waals surface area contributed by atoms with E-state index in [-0.39, 0.29) is 6.61 Å². The van der Waals surface area contributed by atoms with E-state index in [1.807, 2.05) is 0 Å². The van der Waals surface area contributed by atoms with Crippen molar-refractivity contribution in [3.63, 3.8) is 0 Å². The average molecular weight is 235 g/mol. The van der Waals surface area contributed by atoms with Crippen molar-refractivity contribution in [3.05, 3.63) is 24.0 Å². The highest BCUT2D eigenvalue weighted by atomic mass is 19.4. The largest absolute Gasteiger partial charge is 0.454 e. The van der Waals surface area contributed by atoms with Crippen molar-refractivity contribution >= 4 is 5.78 Å². The number of aliphatic hydroxyl groups is 1. The Morgan fingerprint density at radius 2 is 2.00 bits per heavy atom. The molecule has 1 heterocycles. The molecule has 0 amide bonds. The molecule has 0 saturated heterocycles. The molecule has 3 nitrogen and oxygen atoms in total. The summed E-state index contributed by atoms with van der Waals surface area (Å²) in [6.45, 7) is 3.06. The Kier molecular flexibility index (Phi) is 3.14. The first kappa shape index (κ1) is 12.8. The van der Waals surface area contributed by atoms with Crippen LogP contribution < -0.4 is 0 Å². The molecule has 0 aliphatic heterocycles. The van der Waals surface area contributed by atoms with Crippen molar-refractivity contribution < 1.29 is 23.1 Å². The van der Waals surface area contributed by atoms with Gasteiger partial charge in [0.25, 0.3) is 5.78 Å². The van der Waals surface area contributed by atoms with Crippen molar-refractivity contribution in [1.29, 1.82) is 0 Å². The van der Waals surface area contributed by atoms with Crippen LogP contribution in [0.4, 0.5) is 13.2 Å². The summed E-state index contributed by atoms with van der Waals surface area (Å²) in [5.41, 5.74) is -1.15. The second-order valence-corrected chi connectivity index (χ2v) is 4.10.